The molecule has 1 rings (SSSR count). The lowest BCUT2D eigenvalue weighted by Gasteiger charge is -2.12. The Morgan fingerprint density at radius 3 is 2.67 bits per heavy atom. The lowest BCUT2D eigenvalue weighted by atomic mass is 10.1. The smallest absolute Gasteiger partial charge is 0.303 e. The van der Waals surface area contributed by atoms with E-state index < -0.39 is 11.8 Å². The molecule has 0 saturated heterocycles. The summed E-state index contributed by atoms with van der Waals surface area (Å²) in [7, 11) is 1.39. The van der Waals surface area contributed by atoms with Crippen molar-refractivity contribution in [1.82, 2.24) is 5.32 Å². The Morgan fingerprint density at radius 2 is 2.10 bits per heavy atom. The number of amides is 1. The van der Waals surface area contributed by atoms with E-state index in [9.17, 15) is 14.0 Å². The van der Waals surface area contributed by atoms with E-state index in [1.165, 1.54) is 19.2 Å². The van der Waals surface area contributed by atoms with Crippen molar-refractivity contribution in [2.75, 3.05) is 7.11 Å². The lowest BCUT2D eigenvalue weighted by molar-refractivity contribution is -0.137. The number of ether oxygens (including phenoxy) is 1. The van der Waals surface area contributed by atoms with Gasteiger partial charge in [0.05, 0.1) is 7.11 Å². The third kappa shape index (κ3) is 6.25. The molecule has 1 atom stereocenters. The Balaban J connectivity index is 2.39. The van der Waals surface area contributed by atoms with Crippen LogP contribution < -0.4 is 10.1 Å². The van der Waals surface area contributed by atoms with E-state index in [0.717, 1.165) is 0 Å². The Labute approximate surface area is 123 Å². The molecule has 0 aromatic heterocycles. The number of rotatable bonds is 8. The molecule has 0 bridgehead atoms. The second-order valence-corrected chi connectivity index (χ2v) is 4.87. The Hall–Kier alpha value is -2.11. The Morgan fingerprint density at radius 1 is 1.38 bits per heavy atom. The number of benzene rings is 1. The molecule has 1 aromatic rings. The van der Waals surface area contributed by atoms with Crippen LogP contribution in [0.2, 0.25) is 0 Å². The first kappa shape index (κ1) is 16.9. The number of aliphatic carboxylic acids is 1. The minimum Gasteiger partial charge on any atom is -0.494 e. The molecule has 0 radical (unpaired) electrons. The molecule has 116 valence electrons. The van der Waals surface area contributed by atoms with Gasteiger partial charge in [0.1, 0.15) is 0 Å². The van der Waals surface area contributed by atoms with Crippen molar-refractivity contribution in [3.8, 4) is 5.75 Å². The van der Waals surface area contributed by atoms with Gasteiger partial charge in [0, 0.05) is 18.9 Å². The number of carboxylic acids is 1. The number of hydrogen-bond acceptors (Lipinski definition) is 3. The maximum absolute atomic E-state index is 13.5. The Bertz CT molecular complexity index is 504. The summed E-state index contributed by atoms with van der Waals surface area (Å²) in [6.07, 6.45) is 1.05. The fourth-order valence-corrected chi connectivity index (χ4v) is 1.88. The fourth-order valence-electron chi connectivity index (χ4n) is 1.88. The van der Waals surface area contributed by atoms with Crippen molar-refractivity contribution < 1.29 is 23.8 Å². The highest BCUT2D eigenvalue weighted by atomic mass is 19.1. The van der Waals surface area contributed by atoms with Gasteiger partial charge in [-0.25, -0.2) is 4.39 Å². The van der Waals surface area contributed by atoms with Crippen LogP contribution in [0, 0.1) is 5.82 Å². The van der Waals surface area contributed by atoms with Crippen molar-refractivity contribution >= 4 is 11.9 Å². The van der Waals surface area contributed by atoms with E-state index in [1.54, 1.807) is 13.0 Å². The summed E-state index contributed by atoms with van der Waals surface area (Å²) in [5.74, 6) is -1.34. The lowest BCUT2D eigenvalue weighted by Crippen LogP contribution is -2.33. The van der Waals surface area contributed by atoms with Gasteiger partial charge in [0.25, 0.3) is 0 Å². The molecule has 0 aliphatic heterocycles. The van der Waals surface area contributed by atoms with Gasteiger partial charge >= 0.3 is 5.97 Å². The van der Waals surface area contributed by atoms with Gasteiger partial charge in [0.2, 0.25) is 5.91 Å². The predicted octanol–water partition coefficient (Wildman–Crippen LogP) is 2.14. The number of nitrogens with one attached hydrogen (secondary N) is 1. The van der Waals surface area contributed by atoms with Crippen molar-refractivity contribution in [1.29, 1.82) is 0 Å². The van der Waals surface area contributed by atoms with Crippen LogP contribution in [0.5, 0.6) is 5.75 Å². The topological polar surface area (TPSA) is 75.6 Å². The second-order valence-electron chi connectivity index (χ2n) is 4.87. The average molecular weight is 297 g/mol. The van der Waals surface area contributed by atoms with Gasteiger partial charge in [-0.05, 0) is 37.5 Å². The van der Waals surface area contributed by atoms with Crippen LogP contribution in [-0.4, -0.2) is 30.1 Å². The molecular formula is C15H20FNO4. The monoisotopic (exact) mass is 297 g/mol. The summed E-state index contributed by atoms with van der Waals surface area (Å²) in [5.41, 5.74) is 0.710. The van der Waals surface area contributed by atoms with Crippen LogP contribution in [0.4, 0.5) is 4.39 Å². The molecule has 0 aliphatic rings. The summed E-state index contributed by atoms with van der Waals surface area (Å²) >= 11 is 0. The maximum atomic E-state index is 13.5. The minimum atomic E-state index is -0.884. The van der Waals surface area contributed by atoms with Crippen molar-refractivity contribution in [3.05, 3.63) is 29.6 Å². The van der Waals surface area contributed by atoms with Crippen LogP contribution >= 0.6 is 0 Å². The van der Waals surface area contributed by atoms with Crippen molar-refractivity contribution in [2.24, 2.45) is 0 Å². The van der Waals surface area contributed by atoms with E-state index in [-0.39, 0.29) is 30.5 Å². The first-order valence-electron chi connectivity index (χ1n) is 6.76. The summed E-state index contributed by atoms with van der Waals surface area (Å²) < 4.78 is 18.3. The number of carbonyl (C=O) groups is 2. The molecule has 5 nitrogen and oxygen atoms in total. The standard InChI is InChI=1S/C15H20FNO4/c1-10(3-8-15(19)20)17-14(18)7-5-11-4-6-13(21-2)12(16)9-11/h4,6,9-10H,3,5,7-8H2,1-2H3,(H,17,18)(H,19,20). The molecule has 2 N–H and O–H groups in total. The fraction of sp³-hybridized carbons (Fsp3) is 0.467. The normalized spacial score (nSPS) is 11.8. The third-order valence-electron chi connectivity index (χ3n) is 3.06. The zero-order chi connectivity index (χ0) is 15.8. The third-order valence-corrected chi connectivity index (χ3v) is 3.06. The van der Waals surface area contributed by atoms with E-state index >= 15 is 0 Å². The van der Waals surface area contributed by atoms with Gasteiger partial charge in [-0.2, -0.15) is 0 Å². The molecule has 6 heteroatoms. The van der Waals surface area contributed by atoms with Crippen LogP contribution in [0.25, 0.3) is 0 Å². The van der Waals surface area contributed by atoms with Gasteiger partial charge in [-0.15, -0.1) is 0 Å². The highest BCUT2D eigenvalue weighted by molar-refractivity contribution is 5.76. The molecule has 21 heavy (non-hydrogen) atoms. The summed E-state index contributed by atoms with van der Waals surface area (Å²) in [4.78, 5) is 22.1. The van der Waals surface area contributed by atoms with Crippen LogP contribution in [0.1, 0.15) is 31.7 Å². The van der Waals surface area contributed by atoms with E-state index in [1.807, 2.05) is 0 Å². The molecule has 0 saturated carbocycles. The molecular weight excluding hydrogens is 277 g/mol. The van der Waals surface area contributed by atoms with E-state index in [0.29, 0.717) is 18.4 Å². The van der Waals surface area contributed by atoms with Gasteiger partial charge in [-0.3, -0.25) is 9.59 Å². The number of halogens is 1. The maximum Gasteiger partial charge on any atom is 0.303 e. The highest BCUT2D eigenvalue weighted by Crippen LogP contribution is 2.18. The average Bonchev–Trinajstić information content (AvgIpc) is 2.43. The summed E-state index contributed by atoms with van der Waals surface area (Å²) in [6.45, 7) is 1.76. The quantitative estimate of drug-likeness (QED) is 0.771. The number of methoxy groups -OCH3 is 1. The molecule has 0 spiro atoms. The SMILES string of the molecule is COc1ccc(CCC(=O)NC(C)CCC(=O)O)cc1F. The van der Waals surface area contributed by atoms with E-state index in [4.69, 9.17) is 9.84 Å². The van der Waals surface area contributed by atoms with Crippen LogP contribution in [0.3, 0.4) is 0 Å². The second kappa shape index (κ2) is 8.24. The van der Waals surface area contributed by atoms with Gasteiger partial charge in [-0.1, -0.05) is 6.07 Å². The first-order valence-corrected chi connectivity index (χ1v) is 6.76. The minimum absolute atomic E-state index is 0.0190. The largest absolute Gasteiger partial charge is 0.494 e. The summed E-state index contributed by atoms with van der Waals surface area (Å²) in [6, 6.07) is 4.39. The molecule has 0 heterocycles. The van der Waals surface area contributed by atoms with Crippen molar-refractivity contribution in [3.63, 3.8) is 0 Å². The van der Waals surface area contributed by atoms with Crippen LogP contribution in [-0.2, 0) is 16.0 Å². The van der Waals surface area contributed by atoms with Crippen LogP contribution in [0.15, 0.2) is 18.2 Å². The number of hydrogen-bond donors (Lipinski definition) is 2. The molecule has 1 amide bonds. The van der Waals surface area contributed by atoms with Gasteiger partial charge in [0.15, 0.2) is 11.6 Å². The zero-order valence-corrected chi connectivity index (χ0v) is 12.2. The predicted molar refractivity (Wildman–Crippen MR) is 75.7 cm³/mol. The van der Waals surface area contributed by atoms with Crippen molar-refractivity contribution in [2.45, 2.75) is 38.6 Å². The molecule has 1 aromatic carbocycles. The Kier molecular flexibility index (Phi) is 6.65. The first-order chi connectivity index (χ1) is 9.92. The van der Waals surface area contributed by atoms with Gasteiger partial charge < -0.3 is 15.2 Å². The number of carbonyl (C=O) groups excluding carboxylic acids is 1. The molecule has 1 unspecified atom stereocenters. The number of aryl methyl sites for hydroxylation is 1. The highest BCUT2D eigenvalue weighted by Gasteiger charge is 2.10. The number of carboxylic acid groups (broad SMARTS) is 1. The summed E-state index contributed by atoms with van der Waals surface area (Å²) in [5, 5.41) is 11.3. The molecule has 0 aliphatic carbocycles. The zero-order valence-electron chi connectivity index (χ0n) is 12.2. The molecule has 0 fully saturated rings. The van der Waals surface area contributed by atoms with E-state index in [2.05, 4.69) is 5.32 Å².